The third-order valence-corrected chi connectivity index (χ3v) is 7.41. The second kappa shape index (κ2) is 12.8. The zero-order valence-electron chi connectivity index (χ0n) is 24.5. The molecule has 1 aliphatic heterocycles. The smallest absolute Gasteiger partial charge is 0.424 e. The highest BCUT2D eigenvalue weighted by atomic mass is 19.4. The van der Waals surface area contributed by atoms with Crippen LogP contribution in [0.4, 0.5) is 17.6 Å². The first-order chi connectivity index (χ1) is 20.6. The van der Waals surface area contributed by atoms with Crippen molar-refractivity contribution in [2.24, 2.45) is 0 Å². The number of ether oxygens (including phenoxy) is 3. The average Bonchev–Trinajstić information content (AvgIpc) is 2.96. The van der Waals surface area contributed by atoms with Crippen molar-refractivity contribution < 1.29 is 46.5 Å². The normalized spacial score (nSPS) is 18.4. The molecule has 1 fully saturated rings. The zero-order valence-corrected chi connectivity index (χ0v) is 24.5. The molecule has 3 atom stereocenters. The molecule has 3 aromatic rings. The van der Waals surface area contributed by atoms with E-state index in [4.69, 9.17) is 14.2 Å². The molecule has 4 rings (SSSR count). The molecule has 2 aromatic carbocycles. The van der Waals surface area contributed by atoms with E-state index in [2.05, 4.69) is 15.6 Å². The lowest BCUT2D eigenvalue weighted by Crippen LogP contribution is -2.53. The van der Waals surface area contributed by atoms with Crippen molar-refractivity contribution in [2.75, 3.05) is 26.8 Å². The number of rotatable bonds is 11. The van der Waals surface area contributed by atoms with E-state index in [1.54, 1.807) is 13.0 Å². The minimum atomic E-state index is -5.24. The van der Waals surface area contributed by atoms with E-state index in [0.717, 1.165) is 12.1 Å². The largest absolute Gasteiger partial charge is 0.493 e. The van der Waals surface area contributed by atoms with Crippen LogP contribution in [0, 0.1) is 5.82 Å². The van der Waals surface area contributed by atoms with Gasteiger partial charge in [-0.15, -0.1) is 0 Å². The number of benzene rings is 2. The topological polar surface area (TPSA) is 119 Å². The fourth-order valence-electron chi connectivity index (χ4n) is 4.67. The van der Waals surface area contributed by atoms with E-state index in [-0.39, 0.29) is 29.4 Å². The van der Waals surface area contributed by atoms with Crippen molar-refractivity contribution >= 4 is 11.9 Å². The molecule has 9 nitrogen and oxygen atoms in total. The Hall–Kier alpha value is -4.23. The Morgan fingerprint density at radius 2 is 1.80 bits per heavy atom. The number of carbonyl (C=O) groups excluding carboxylic acids is 2. The van der Waals surface area contributed by atoms with Gasteiger partial charge in [-0.05, 0) is 87.0 Å². The minimum Gasteiger partial charge on any atom is -0.493 e. The van der Waals surface area contributed by atoms with Gasteiger partial charge in [0.15, 0.2) is 11.5 Å². The molecule has 0 bridgehead atoms. The first-order valence-corrected chi connectivity index (χ1v) is 13.7. The monoisotopic (exact) mass is 619 g/mol. The number of alkyl halides is 3. The lowest BCUT2D eigenvalue weighted by Gasteiger charge is -2.41. The Bertz CT molecular complexity index is 1510. The molecule has 3 N–H and O–H groups in total. The van der Waals surface area contributed by atoms with Gasteiger partial charge in [-0.2, -0.15) is 13.2 Å². The first kappa shape index (κ1) is 32.7. The van der Waals surface area contributed by atoms with Crippen LogP contribution in [0.2, 0.25) is 0 Å². The van der Waals surface area contributed by atoms with Crippen LogP contribution in [0.25, 0.3) is 11.3 Å². The van der Waals surface area contributed by atoms with Crippen molar-refractivity contribution in [3.63, 3.8) is 0 Å². The third-order valence-electron chi connectivity index (χ3n) is 7.41. The molecule has 1 saturated heterocycles. The van der Waals surface area contributed by atoms with Crippen LogP contribution in [0.5, 0.6) is 11.5 Å². The molecule has 0 spiro atoms. The summed E-state index contributed by atoms with van der Waals surface area (Å²) < 4.78 is 73.2. The van der Waals surface area contributed by atoms with Gasteiger partial charge in [0.05, 0.1) is 25.0 Å². The van der Waals surface area contributed by atoms with Crippen molar-refractivity contribution in [3.8, 4) is 22.8 Å². The summed E-state index contributed by atoms with van der Waals surface area (Å²) in [6.45, 7) is 4.08. The Labute approximate surface area is 251 Å². The molecule has 1 aromatic heterocycles. The lowest BCUT2D eigenvalue weighted by molar-refractivity contribution is -0.265. The van der Waals surface area contributed by atoms with Crippen LogP contribution in [0.15, 0.2) is 54.6 Å². The summed E-state index contributed by atoms with van der Waals surface area (Å²) in [5.41, 5.74) is -4.13. The van der Waals surface area contributed by atoms with Gasteiger partial charge in [0.25, 0.3) is 5.91 Å². The van der Waals surface area contributed by atoms with Gasteiger partial charge in [-0.3, -0.25) is 9.59 Å². The summed E-state index contributed by atoms with van der Waals surface area (Å²) >= 11 is 0. The van der Waals surface area contributed by atoms with Crippen LogP contribution in [0.3, 0.4) is 0 Å². The highest BCUT2D eigenvalue weighted by Crippen LogP contribution is 2.41. The number of hydrogen-bond acceptors (Lipinski definition) is 8. The van der Waals surface area contributed by atoms with Gasteiger partial charge >= 0.3 is 12.1 Å². The van der Waals surface area contributed by atoms with Gasteiger partial charge in [0.2, 0.25) is 5.60 Å². The summed E-state index contributed by atoms with van der Waals surface area (Å²) in [6, 6.07) is 11.8. The predicted octanol–water partition coefficient (Wildman–Crippen LogP) is 4.62. The number of amides is 1. The van der Waals surface area contributed by atoms with E-state index in [1.165, 1.54) is 50.4 Å². The van der Waals surface area contributed by atoms with Crippen LogP contribution in [0.1, 0.15) is 48.8 Å². The maximum absolute atomic E-state index is 14.6. The molecule has 1 aliphatic rings. The SMILES string of the molecule is COc1cc(C(=O)NCC(O)(c2cc(C3(C)CCN3)cc(-c3ccc(F)cc3)n2)C(F)(F)F)ccc1OC[C@@H](C)OC(C)=O. The number of carbonyl (C=O) groups is 2. The van der Waals surface area contributed by atoms with Crippen molar-refractivity contribution in [1.82, 2.24) is 15.6 Å². The number of esters is 1. The number of methoxy groups -OCH3 is 1. The third kappa shape index (κ3) is 7.11. The molecular formula is C31H33F4N3O6. The summed E-state index contributed by atoms with van der Waals surface area (Å²) in [4.78, 5) is 28.3. The van der Waals surface area contributed by atoms with Crippen LogP contribution < -0.4 is 20.1 Å². The van der Waals surface area contributed by atoms with Crippen molar-refractivity contribution in [3.05, 3.63) is 77.2 Å². The van der Waals surface area contributed by atoms with Gasteiger partial charge in [0.1, 0.15) is 18.5 Å². The maximum atomic E-state index is 14.6. The highest BCUT2D eigenvalue weighted by Gasteiger charge is 2.57. The van der Waals surface area contributed by atoms with Gasteiger partial charge in [-0.1, -0.05) is 0 Å². The molecule has 13 heteroatoms. The zero-order chi connectivity index (χ0) is 32.3. The number of hydrogen-bond donors (Lipinski definition) is 3. The number of halogens is 4. The van der Waals surface area contributed by atoms with E-state index >= 15 is 0 Å². The molecule has 0 radical (unpaired) electrons. The van der Waals surface area contributed by atoms with E-state index in [0.29, 0.717) is 24.1 Å². The highest BCUT2D eigenvalue weighted by molar-refractivity contribution is 5.95. The summed E-state index contributed by atoms with van der Waals surface area (Å²) in [5, 5.41) is 16.5. The number of nitrogens with one attached hydrogen (secondary N) is 2. The van der Waals surface area contributed by atoms with Gasteiger partial charge < -0.3 is 30.0 Å². The van der Waals surface area contributed by atoms with E-state index < -0.39 is 53.4 Å². The Kier molecular flexibility index (Phi) is 9.50. The standard InChI is InChI=1S/C31H33F4N3O6/c1-18(44-19(2)39)16-43-25-10-7-21(13-26(25)42-4)28(40)36-17-30(41,31(33,34)35)27-15-22(29(3)11-12-37-29)14-24(38-27)20-5-8-23(32)9-6-20/h5-10,13-15,18,37,41H,11-12,16-17H2,1-4H3,(H,36,40)/t18-,29?,30?/m1/s1. The summed E-state index contributed by atoms with van der Waals surface area (Å²) in [5.74, 6) is -1.62. The first-order valence-electron chi connectivity index (χ1n) is 13.7. The summed E-state index contributed by atoms with van der Waals surface area (Å²) in [6.07, 6.45) is -5.18. The number of nitrogens with zero attached hydrogens (tertiary/aromatic N) is 1. The fourth-order valence-corrected chi connectivity index (χ4v) is 4.67. The number of pyridine rings is 1. The number of aliphatic hydroxyl groups is 1. The fraction of sp³-hybridized carbons (Fsp3) is 0.387. The molecule has 0 saturated carbocycles. The predicted molar refractivity (Wildman–Crippen MR) is 152 cm³/mol. The van der Waals surface area contributed by atoms with Gasteiger partial charge in [0, 0.05) is 23.6 Å². The van der Waals surface area contributed by atoms with Gasteiger partial charge in [-0.25, -0.2) is 9.37 Å². The molecule has 2 heterocycles. The maximum Gasteiger partial charge on any atom is 0.424 e. The van der Waals surface area contributed by atoms with E-state index in [1.807, 2.05) is 6.92 Å². The molecule has 1 amide bonds. The second-order valence-corrected chi connectivity index (χ2v) is 10.8. The minimum absolute atomic E-state index is 0.0133. The van der Waals surface area contributed by atoms with Crippen LogP contribution >= 0.6 is 0 Å². The molecule has 0 aliphatic carbocycles. The van der Waals surface area contributed by atoms with Crippen molar-refractivity contribution in [1.29, 1.82) is 0 Å². The molecule has 236 valence electrons. The second-order valence-electron chi connectivity index (χ2n) is 10.8. The number of aromatic nitrogens is 1. The van der Waals surface area contributed by atoms with Crippen molar-refractivity contribution in [2.45, 2.75) is 50.6 Å². The summed E-state index contributed by atoms with van der Waals surface area (Å²) in [7, 11) is 1.32. The molecule has 44 heavy (non-hydrogen) atoms. The Morgan fingerprint density at radius 3 is 2.36 bits per heavy atom. The Balaban J connectivity index is 1.61. The van der Waals surface area contributed by atoms with E-state index in [9.17, 15) is 32.3 Å². The molecule has 2 unspecified atom stereocenters. The molecular weight excluding hydrogens is 586 g/mol. The van der Waals surface area contributed by atoms with Crippen LogP contribution in [-0.2, 0) is 20.7 Å². The lowest BCUT2D eigenvalue weighted by atomic mass is 9.81. The quantitative estimate of drug-likeness (QED) is 0.210. The van der Waals surface area contributed by atoms with Crippen LogP contribution in [-0.4, -0.2) is 61.1 Å². The average molecular weight is 620 g/mol. The Morgan fingerprint density at radius 1 is 1.11 bits per heavy atom.